The van der Waals surface area contributed by atoms with Crippen molar-refractivity contribution >= 4 is 0 Å². The van der Waals surface area contributed by atoms with Gasteiger partial charge >= 0.3 is 0 Å². The second-order valence-electron chi connectivity index (χ2n) is 4.29. The summed E-state index contributed by atoms with van der Waals surface area (Å²) in [6, 6.07) is 0. The van der Waals surface area contributed by atoms with Crippen LogP contribution in [0.25, 0.3) is 0 Å². The fourth-order valence-electron chi connectivity index (χ4n) is 1.86. The van der Waals surface area contributed by atoms with Crippen LogP contribution >= 0.6 is 0 Å². The Morgan fingerprint density at radius 3 is 2.36 bits per heavy atom. The Morgan fingerprint density at radius 1 is 1.07 bits per heavy atom. The molecule has 82 valence electrons. The monoisotopic (exact) mass is 204 g/mol. The minimum Gasteiger partial charge on any atom is -0.388 e. The van der Waals surface area contributed by atoms with Gasteiger partial charge in [0.05, 0.1) is 6.10 Å². The third kappa shape index (κ3) is 1.55. The highest BCUT2D eigenvalue weighted by atomic mass is 16.8. The van der Waals surface area contributed by atoms with Crippen molar-refractivity contribution in [2.24, 2.45) is 0 Å². The minimum atomic E-state index is -0.953. The Morgan fingerprint density at radius 2 is 1.71 bits per heavy atom. The van der Waals surface area contributed by atoms with Gasteiger partial charge in [0.15, 0.2) is 12.1 Å². The van der Waals surface area contributed by atoms with Crippen molar-refractivity contribution in [3.8, 4) is 0 Å². The van der Waals surface area contributed by atoms with E-state index in [1.807, 2.05) is 0 Å². The molecule has 2 unspecified atom stereocenters. The van der Waals surface area contributed by atoms with Gasteiger partial charge in [-0.15, -0.1) is 0 Å². The van der Waals surface area contributed by atoms with Crippen LogP contribution in [0.2, 0.25) is 0 Å². The number of hydrogen-bond acceptors (Lipinski definition) is 5. The summed E-state index contributed by atoms with van der Waals surface area (Å²) in [5.74, 6) is -0.764. The summed E-state index contributed by atoms with van der Waals surface area (Å²) >= 11 is 0. The first kappa shape index (κ1) is 10.3. The number of hydrogen-bond donors (Lipinski definition) is 2. The van der Waals surface area contributed by atoms with E-state index in [-0.39, 0.29) is 0 Å². The maximum absolute atomic E-state index is 9.72. The number of aliphatic hydroxyl groups excluding tert-OH is 2. The zero-order valence-corrected chi connectivity index (χ0v) is 8.51. The molecule has 5 heteroatoms. The summed E-state index contributed by atoms with van der Waals surface area (Å²) in [5, 5.41) is 19.3. The lowest BCUT2D eigenvalue weighted by molar-refractivity contribution is -0.245. The fraction of sp³-hybridized carbons (Fsp3) is 1.00. The normalized spacial score (nSPS) is 51.6. The molecule has 2 fully saturated rings. The lowest BCUT2D eigenvalue weighted by Crippen LogP contribution is -2.55. The Kier molecular flexibility index (Phi) is 2.32. The third-order valence-corrected chi connectivity index (χ3v) is 2.60. The summed E-state index contributed by atoms with van der Waals surface area (Å²) < 4.78 is 16.2. The average Bonchev–Trinajstić information content (AvgIpc) is 2.37. The topological polar surface area (TPSA) is 68.2 Å². The van der Waals surface area contributed by atoms with Gasteiger partial charge in [-0.2, -0.15) is 0 Å². The minimum absolute atomic E-state index is 0.441. The lowest BCUT2D eigenvalue weighted by Gasteiger charge is -2.36. The maximum Gasteiger partial charge on any atom is 0.190 e. The molecule has 5 atom stereocenters. The molecule has 2 heterocycles. The molecule has 0 bridgehead atoms. The first-order chi connectivity index (χ1) is 6.41. The molecule has 5 nitrogen and oxygen atoms in total. The van der Waals surface area contributed by atoms with Crippen molar-refractivity contribution in [3.63, 3.8) is 0 Å². The second-order valence-corrected chi connectivity index (χ2v) is 4.29. The predicted molar refractivity (Wildman–Crippen MR) is 46.4 cm³/mol. The van der Waals surface area contributed by atoms with Crippen molar-refractivity contribution in [3.05, 3.63) is 0 Å². The average molecular weight is 204 g/mol. The molecule has 0 radical (unpaired) electrons. The van der Waals surface area contributed by atoms with Gasteiger partial charge in [-0.05, 0) is 20.8 Å². The maximum atomic E-state index is 9.72. The van der Waals surface area contributed by atoms with Crippen LogP contribution in [0.15, 0.2) is 0 Å². The van der Waals surface area contributed by atoms with E-state index in [4.69, 9.17) is 14.2 Å². The molecule has 0 spiro atoms. The summed E-state index contributed by atoms with van der Waals surface area (Å²) in [5.41, 5.74) is 0. The second kappa shape index (κ2) is 3.15. The van der Waals surface area contributed by atoms with Gasteiger partial charge < -0.3 is 24.4 Å². The van der Waals surface area contributed by atoms with Gasteiger partial charge in [0.2, 0.25) is 0 Å². The Bertz CT molecular complexity index is 229. The van der Waals surface area contributed by atoms with Crippen LogP contribution in [0.3, 0.4) is 0 Å². The molecule has 2 aliphatic rings. The molecule has 2 N–H and O–H groups in total. The van der Waals surface area contributed by atoms with E-state index in [2.05, 4.69) is 0 Å². The van der Waals surface area contributed by atoms with E-state index in [0.29, 0.717) is 0 Å². The molecule has 0 aliphatic carbocycles. The van der Waals surface area contributed by atoms with Gasteiger partial charge in [0.25, 0.3) is 0 Å². The quantitative estimate of drug-likeness (QED) is 0.562. The summed E-state index contributed by atoms with van der Waals surface area (Å²) in [4.78, 5) is 0. The van der Waals surface area contributed by atoms with E-state index in [1.165, 1.54) is 0 Å². The summed E-state index contributed by atoms with van der Waals surface area (Å²) in [6.45, 7) is 5.19. The van der Waals surface area contributed by atoms with Crippen LogP contribution in [-0.4, -0.2) is 46.7 Å². The molecule has 2 aliphatic heterocycles. The number of ether oxygens (including phenoxy) is 3. The predicted octanol–water partition coefficient (Wildman–Crippen LogP) is -0.396. The standard InChI is InChI=1S/C9H16O5/c1-4-5(10)6(11)7-8(12-4)14-9(2,3)13-7/h4-8,10-11H,1-3H3/t4?,5-,6?,7-,8+/m0/s1. The first-order valence-corrected chi connectivity index (χ1v) is 4.78. The van der Waals surface area contributed by atoms with Gasteiger partial charge in [-0.25, -0.2) is 0 Å². The Labute approximate surface area is 82.6 Å². The third-order valence-electron chi connectivity index (χ3n) is 2.60. The highest BCUT2D eigenvalue weighted by Crippen LogP contribution is 2.35. The van der Waals surface area contributed by atoms with Crippen LogP contribution in [0, 0.1) is 0 Å². The van der Waals surface area contributed by atoms with Crippen molar-refractivity contribution in [2.45, 2.75) is 57.3 Å². The van der Waals surface area contributed by atoms with Gasteiger partial charge in [-0.1, -0.05) is 0 Å². The van der Waals surface area contributed by atoms with Crippen molar-refractivity contribution in [1.29, 1.82) is 0 Å². The molecule has 2 saturated heterocycles. The van der Waals surface area contributed by atoms with Crippen molar-refractivity contribution < 1.29 is 24.4 Å². The number of rotatable bonds is 0. The van der Waals surface area contributed by atoms with E-state index in [0.717, 1.165) is 0 Å². The van der Waals surface area contributed by atoms with Crippen LogP contribution in [0.5, 0.6) is 0 Å². The number of fused-ring (bicyclic) bond motifs is 1. The van der Waals surface area contributed by atoms with Crippen LogP contribution in [0.4, 0.5) is 0 Å². The van der Waals surface area contributed by atoms with Crippen LogP contribution in [0.1, 0.15) is 20.8 Å². The number of aliphatic hydroxyl groups is 2. The van der Waals surface area contributed by atoms with Gasteiger partial charge in [-0.3, -0.25) is 0 Å². The zero-order valence-electron chi connectivity index (χ0n) is 8.51. The largest absolute Gasteiger partial charge is 0.388 e. The Balaban J connectivity index is 2.15. The van der Waals surface area contributed by atoms with E-state index in [1.54, 1.807) is 20.8 Å². The molecule has 0 saturated carbocycles. The fourth-order valence-corrected chi connectivity index (χ4v) is 1.86. The molecule has 0 aromatic rings. The van der Waals surface area contributed by atoms with Crippen LogP contribution in [-0.2, 0) is 14.2 Å². The van der Waals surface area contributed by atoms with Crippen molar-refractivity contribution in [1.82, 2.24) is 0 Å². The molecule has 14 heavy (non-hydrogen) atoms. The Hall–Kier alpha value is -0.200. The molecular weight excluding hydrogens is 188 g/mol. The summed E-state index contributed by atoms with van der Waals surface area (Å²) in [7, 11) is 0. The SMILES string of the molecule is CC1O[C@@H]2OC(C)(C)O[C@H]2C(O)[C@H]1O. The molecule has 0 aromatic carbocycles. The van der Waals surface area contributed by atoms with Gasteiger partial charge in [0, 0.05) is 0 Å². The smallest absolute Gasteiger partial charge is 0.190 e. The van der Waals surface area contributed by atoms with Crippen LogP contribution < -0.4 is 0 Å². The van der Waals surface area contributed by atoms with E-state index < -0.39 is 36.5 Å². The highest BCUT2D eigenvalue weighted by molar-refractivity contribution is 4.92. The van der Waals surface area contributed by atoms with Gasteiger partial charge in [0.1, 0.15) is 18.3 Å². The summed E-state index contributed by atoms with van der Waals surface area (Å²) in [6.07, 6.45) is -3.50. The zero-order chi connectivity index (χ0) is 10.5. The molecule has 2 rings (SSSR count). The van der Waals surface area contributed by atoms with E-state index in [9.17, 15) is 10.2 Å². The highest BCUT2D eigenvalue weighted by Gasteiger charge is 2.52. The lowest BCUT2D eigenvalue weighted by atomic mass is 10.0. The first-order valence-electron chi connectivity index (χ1n) is 4.78. The molecule has 0 aromatic heterocycles. The molecular formula is C9H16O5. The molecule has 0 amide bonds. The van der Waals surface area contributed by atoms with Crippen molar-refractivity contribution in [2.75, 3.05) is 0 Å². The van der Waals surface area contributed by atoms with E-state index >= 15 is 0 Å².